The topological polar surface area (TPSA) is 60.2 Å². The second-order valence-electron chi connectivity index (χ2n) is 4.05. The lowest BCUT2D eigenvalue weighted by Crippen LogP contribution is -2.13. The van der Waals surface area contributed by atoms with Crippen LogP contribution in [0.25, 0.3) is 0 Å². The van der Waals surface area contributed by atoms with E-state index in [2.05, 4.69) is 15.7 Å². The highest BCUT2D eigenvalue weighted by Crippen LogP contribution is 2.19. The third-order valence-corrected chi connectivity index (χ3v) is 3.58. The molecule has 0 fully saturated rings. The predicted octanol–water partition coefficient (Wildman–Crippen LogP) is 2.33. The zero-order valence-electron chi connectivity index (χ0n) is 10.6. The summed E-state index contributed by atoms with van der Waals surface area (Å²) in [6.07, 6.45) is 0. The van der Waals surface area contributed by atoms with Gasteiger partial charge in [-0.3, -0.25) is 0 Å². The van der Waals surface area contributed by atoms with Gasteiger partial charge in [-0.05, 0) is 30.7 Å². The molecule has 0 atom stereocenters. The van der Waals surface area contributed by atoms with Gasteiger partial charge in [-0.15, -0.1) is 11.3 Å². The van der Waals surface area contributed by atoms with Crippen molar-refractivity contribution in [3.8, 4) is 5.75 Å². The molecule has 0 aliphatic carbocycles. The Bertz CT molecular complexity index is 525. The summed E-state index contributed by atoms with van der Waals surface area (Å²) in [5, 5.41) is 6.48. The summed E-state index contributed by atoms with van der Waals surface area (Å²) < 4.78 is 5.18. The van der Waals surface area contributed by atoms with Gasteiger partial charge in [-0.2, -0.15) is 0 Å². The smallest absolute Gasteiger partial charge is 0.119 e. The van der Waals surface area contributed by atoms with Crippen molar-refractivity contribution in [3.63, 3.8) is 0 Å². The SMILES string of the molecule is COc1ccc(N)c(CNCc2nc(C)cs2)c1. The first kappa shape index (κ1) is 12.9. The minimum atomic E-state index is 0.710. The van der Waals surface area contributed by atoms with E-state index >= 15 is 0 Å². The first-order valence-corrected chi connectivity index (χ1v) is 6.61. The van der Waals surface area contributed by atoms with Crippen LogP contribution in [0.15, 0.2) is 23.6 Å². The van der Waals surface area contributed by atoms with Crippen molar-refractivity contribution in [3.05, 3.63) is 39.8 Å². The molecular formula is C13H17N3OS. The maximum atomic E-state index is 5.92. The molecule has 1 heterocycles. The molecular weight excluding hydrogens is 246 g/mol. The number of methoxy groups -OCH3 is 1. The molecule has 0 spiro atoms. The van der Waals surface area contributed by atoms with Crippen LogP contribution in [0.5, 0.6) is 5.75 Å². The number of nitrogens with one attached hydrogen (secondary N) is 1. The second kappa shape index (κ2) is 5.84. The number of ether oxygens (including phenoxy) is 1. The Morgan fingerprint density at radius 2 is 2.22 bits per heavy atom. The molecule has 1 aromatic carbocycles. The number of nitrogens with two attached hydrogens (primary N) is 1. The Labute approximate surface area is 111 Å². The summed E-state index contributed by atoms with van der Waals surface area (Å²) in [5.41, 5.74) is 8.81. The Balaban J connectivity index is 1.93. The predicted molar refractivity (Wildman–Crippen MR) is 74.8 cm³/mol. The lowest BCUT2D eigenvalue weighted by molar-refractivity contribution is 0.414. The van der Waals surface area contributed by atoms with Gasteiger partial charge in [0.2, 0.25) is 0 Å². The molecule has 0 radical (unpaired) electrons. The van der Waals surface area contributed by atoms with E-state index in [0.29, 0.717) is 6.54 Å². The molecule has 18 heavy (non-hydrogen) atoms. The fourth-order valence-corrected chi connectivity index (χ4v) is 2.39. The van der Waals surface area contributed by atoms with E-state index in [1.54, 1.807) is 18.4 Å². The summed E-state index contributed by atoms with van der Waals surface area (Å²) in [6.45, 7) is 3.47. The first-order chi connectivity index (χ1) is 8.69. The largest absolute Gasteiger partial charge is 0.497 e. The zero-order valence-corrected chi connectivity index (χ0v) is 11.4. The number of hydrogen-bond donors (Lipinski definition) is 2. The van der Waals surface area contributed by atoms with Crippen LogP contribution in [-0.4, -0.2) is 12.1 Å². The summed E-state index contributed by atoms with van der Waals surface area (Å²) in [6, 6.07) is 5.68. The lowest BCUT2D eigenvalue weighted by Gasteiger charge is -2.08. The van der Waals surface area contributed by atoms with Crippen LogP contribution in [0.1, 0.15) is 16.3 Å². The Kier molecular flexibility index (Phi) is 4.17. The van der Waals surface area contributed by atoms with Gasteiger partial charge in [0.05, 0.1) is 7.11 Å². The van der Waals surface area contributed by atoms with Gasteiger partial charge in [0, 0.05) is 29.9 Å². The standard InChI is InChI=1S/C13H17N3OS/c1-9-8-18-13(16-9)7-15-6-10-5-11(17-2)3-4-12(10)14/h3-5,8,15H,6-7,14H2,1-2H3. The molecule has 0 amide bonds. The average molecular weight is 263 g/mol. The molecule has 1 aromatic heterocycles. The monoisotopic (exact) mass is 263 g/mol. The van der Waals surface area contributed by atoms with Crippen molar-refractivity contribution in [2.75, 3.05) is 12.8 Å². The maximum absolute atomic E-state index is 5.92. The molecule has 0 unspecified atom stereocenters. The van der Waals surface area contributed by atoms with Crippen LogP contribution in [0.2, 0.25) is 0 Å². The van der Waals surface area contributed by atoms with Gasteiger partial charge in [0.15, 0.2) is 0 Å². The highest BCUT2D eigenvalue weighted by molar-refractivity contribution is 7.09. The maximum Gasteiger partial charge on any atom is 0.119 e. The molecule has 2 rings (SSSR count). The van der Waals surface area contributed by atoms with Crippen molar-refractivity contribution >= 4 is 17.0 Å². The van der Waals surface area contributed by atoms with Gasteiger partial charge in [0.1, 0.15) is 10.8 Å². The van der Waals surface area contributed by atoms with Crippen molar-refractivity contribution in [1.29, 1.82) is 0 Å². The Morgan fingerprint density at radius 1 is 1.39 bits per heavy atom. The molecule has 4 nitrogen and oxygen atoms in total. The van der Waals surface area contributed by atoms with Gasteiger partial charge in [-0.1, -0.05) is 0 Å². The first-order valence-electron chi connectivity index (χ1n) is 5.73. The number of aryl methyl sites for hydroxylation is 1. The van der Waals surface area contributed by atoms with Gasteiger partial charge >= 0.3 is 0 Å². The van der Waals surface area contributed by atoms with Gasteiger partial charge in [0.25, 0.3) is 0 Å². The molecule has 3 N–H and O–H groups in total. The fraction of sp³-hybridized carbons (Fsp3) is 0.308. The lowest BCUT2D eigenvalue weighted by atomic mass is 10.1. The highest BCUT2D eigenvalue weighted by Gasteiger charge is 2.03. The molecule has 0 aliphatic rings. The number of rotatable bonds is 5. The van der Waals surface area contributed by atoms with E-state index in [0.717, 1.165) is 34.2 Å². The van der Waals surface area contributed by atoms with Crippen molar-refractivity contribution in [1.82, 2.24) is 10.3 Å². The minimum absolute atomic E-state index is 0.710. The van der Waals surface area contributed by atoms with E-state index < -0.39 is 0 Å². The molecule has 5 heteroatoms. The summed E-state index contributed by atoms with van der Waals surface area (Å²) in [7, 11) is 1.65. The van der Waals surface area contributed by atoms with E-state index in [4.69, 9.17) is 10.5 Å². The number of anilines is 1. The Morgan fingerprint density at radius 3 is 2.89 bits per heavy atom. The fourth-order valence-electron chi connectivity index (χ4n) is 1.65. The number of nitrogen functional groups attached to an aromatic ring is 1. The molecule has 0 bridgehead atoms. The minimum Gasteiger partial charge on any atom is -0.497 e. The highest BCUT2D eigenvalue weighted by atomic mass is 32.1. The Hall–Kier alpha value is -1.59. The number of thiazole rings is 1. The molecule has 0 saturated carbocycles. The van der Waals surface area contributed by atoms with Gasteiger partial charge < -0.3 is 15.8 Å². The van der Waals surface area contributed by atoms with E-state index in [1.165, 1.54) is 0 Å². The number of aromatic nitrogens is 1. The van der Waals surface area contributed by atoms with Gasteiger partial charge in [-0.25, -0.2) is 4.98 Å². The molecule has 2 aromatic rings. The van der Waals surface area contributed by atoms with Crippen LogP contribution in [0, 0.1) is 6.92 Å². The summed E-state index contributed by atoms with van der Waals surface area (Å²) in [4.78, 5) is 4.40. The van der Waals surface area contributed by atoms with Crippen molar-refractivity contribution in [2.24, 2.45) is 0 Å². The van der Waals surface area contributed by atoms with E-state index in [9.17, 15) is 0 Å². The van der Waals surface area contributed by atoms with Crippen LogP contribution in [-0.2, 0) is 13.1 Å². The average Bonchev–Trinajstić information content (AvgIpc) is 2.77. The summed E-state index contributed by atoms with van der Waals surface area (Å²) in [5.74, 6) is 0.825. The number of hydrogen-bond acceptors (Lipinski definition) is 5. The second-order valence-corrected chi connectivity index (χ2v) is 4.99. The molecule has 0 saturated heterocycles. The molecule has 0 aliphatic heterocycles. The zero-order chi connectivity index (χ0) is 13.0. The van der Waals surface area contributed by atoms with Crippen LogP contribution >= 0.6 is 11.3 Å². The van der Waals surface area contributed by atoms with Crippen LogP contribution in [0.4, 0.5) is 5.69 Å². The normalized spacial score (nSPS) is 10.6. The summed E-state index contributed by atoms with van der Waals surface area (Å²) >= 11 is 1.67. The molecule has 96 valence electrons. The quantitative estimate of drug-likeness (QED) is 0.813. The third-order valence-electron chi connectivity index (χ3n) is 2.61. The van der Waals surface area contributed by atoms with Crippen LogP contribution < -0.4 is 15.8 Å². The number of benzene rings is 1. The van der Waals surface area contributed by atoms with Crippen molar-refractivity contribution < 1.29 is 4.74 Å². The van der Waals surface area contributed by atoms with Crippen molar-refractivity contribution in [2.45, 2.75) is 20.0 Å². The van der Waals surface area contributed by atoms with E-state index in [1.807, 2.05) is 25.1 Å². The number of nitrogens with zero attached hydrogens (tertiary/aromatic N) is 1. The third kappa shape index (κ3) is 3.21. The van der Waals surface area contributed by atoms with Crippen LogP contribution in [0.3, 0.4) is 0 Å². The van der Waals surface area contributed by atoms with E-state index in [-0.39, 0.29) is 0 Å².